The van der Waals surface area contributed by atoms with Gasteiger partial charge in [0, 0.05) is 4.90 Å². The summed E-state index contributed by atoms with van der Waals surface area (Å²) in [4.78, 5) is 43.8. The van der Waals surface area contributed by atoms with Crippen LogP contribution in [0.3, 0.4) is 0 Å². The Balaban J connectivity index is 1.50. The Morgan fingerprint density at radius 3 is 2.00 bits per heavy atom. The molecule has 0 radical (unpaired) electrons. The van der Waals surface area contributed by atoms with E-state index in [-0.39, 0.29) is 11.9 Å². The molecule has 3 atom stereocenters. The Hall–Kier alpha value is -3.38. The van der Waals surface area contributed by atoms with Gasteiger partial charge in [-0.1, -0.05) is 54.6 Å². The highest BCUT2D eigenvalue weighted by Crippen LogP contribution is 2.58. The second-order valence-corrected chi connectivity index (χ2v) is 9.66. The van der Waals surface area contributed by atoms with Crippen molar-refractivity contribution in [3.8, 4) is 0 Å². The number of carbonyl (C=O) groups is 3. The van der Waals surface area contributed by atoms with E-state index >= 15 is 0 Å². The zero-order valence-corrected chi connectivity index (χ0v) is 17.5. The Bertz CT molecular complexity index is 1240. The molecule has 0 saturated carbocycles. The first-order valence-electron chi connectivity index (χ1n) is 10.2. The van der Waals surface area contributed by atoms with Crippen LogP contribution < -0.4 is 4.90 Å². The SMILES string of the molecule is CC1(c2ccccc2)Sc2ccccc2N2C(=O)[C@@H](N3C(=O)c4ccccc4C3=O)[C@@H]21. The van der Waals surface area contributed by atoms with Gasteiger partial charge in [-0.15, -0.1) is 11.8 Å². The minimum Gasteiger partial charge on any atom is -0.302 e. The first-order chi connectivity index (χ1) is 15.0. The third-order valence-corrected chi connectivity index (χ3v) is 8.00. The summed E-state index contributed by atoms with van der Waals surface area (Å²) in [5, 5.41) is 0. The highest BCUT2D eigenvalue weighted by atomic mass is 32.2. The van der Waals surface area contributed by atoms with Crippen LogP contribution in [0.4, 0.5) is 5.69 Å². The molecule has 6 heteroatoms. The number of hydrogen-bond donors (Lipinski definition) is 0. The number of para-hydroxylation sites is 1. The molecule has 5 nitrogen and oxygen atoms in total. The molecule has 1 unspecified atom stereocenters. The van der Waals surface area contributed by atoms with E-state index in [1.165, 1.54) is 4.90 Å². The summed E-state index contributed by atoms with van der Waals surface area (Å²) in [5.41, 5.74) is 2.62. The van der Waals surface area contributed by atoms with E-state index in [1.54, 1.807) is 40.9 Å². The van der Waals surface area contributed by atoms with Gasteiger partial charge in [0.1, 0.15) is 6.04 Å². The van der Waals surface area contributed by atoms with Crippen molar-refractivity contribution in [2.24, 2.45) is 0 Å². The smallest absolute Gasteiger partial charge is 0.262 e. The maximum atomic E-state index is 13.5. The number of imide groups is 1. The van der Waals surface area contributed by atoms with Crippen LogP contribution in [0.25, 0.3) is 0 Å². The van der Waals surface area contributed by atoms with Gasteiger partial charge in [0.25, 0.3) is 17.7 Å². The van der Waals surface area contributed by atoms with Crippen molar-refractivity contribution in [2.45, 2.75) is 28.6 Å². The molecule has 31 heavy (non-hydrogen) atoms. The predicted molar refractivity (Wildman–Crippen MR) is 118 cm³/mol. The van der Waals surface area contributed by atoms with Crippen LogP contribution in [-0.4, -0.2) is 34.7 Å². The summed E-state index contributed by atoms with van der Waals surface area (Å²) in [6.07, 6.45) is 0. The maximum absolute atomic E-state index is 13.5. The molecule has 152 valence electrons. The summed E-state index contributed by atoms with van der Waals surface area (Å²) in [5.74, 6) is -0.995. The number of nitrogens with zero attached hydrogens (tertiary/aromatic N) is 2. The summed E-state index contributed by atoms with van der Waals surface area (Å²) < 4.78 is -0.524. The number of fused-ring (bicyclic) bond motifs is 4. The van der Waals surface area contributed by atoms with Crippen molar-refractivity contribution in [2.75, 3.05) is 4.90 Å². The molecule has 3 aromatic rings. The summed E-state index contributed by atoms with van der Waals surface area (Å²) >= 11 is 1.68. The number of anilines is 1. The van der Waals surface area contributed by atoms with Gasteiger partial charge in [-0.25, -0.2) is 0 Å². The molecular formula is C25H18N2O3S. The molecule has 0 bridgehead atoms. The summed E-state index contributed by atoms with van der Waals surface area (Å²) in [7, 11) is 0. The van der Waals surface area contributed by atoms with Gasteiger partial charge in [0.05, 0.1) is 27.6 Å². The van der Waals surface area contributed by atoms with Crippen molar-refractivity contribution in [1.82, 2.24) is 4.90 Å². The van der Waals surface area contributed by atoms with Crippen LogP contribution in [0.1, 0.15) is 33.2 Å². The number of thioether (sulfide) groups is 1. The molecule has 0 spiro atoms. The fraction of sp³-hybridized carbons (Fsp3) is 0.160. The van der Waals surface area contributed by atoms with E-state index in [0.717, 1.165) is 16.1 Å². The van der Waals surface area contributed by atoms with Gasteiger partial charge in [-0.2, -0.15) is 0 Å². The van der Waals surface area contributed by atoms with E-state index in [4.69, 9.17) is 0 Å². The molecule has 0 aliphatic carbocycles. The fourth-order valence-corrected chi connectivity index (χ4v) is 6.52. The quantitative estimate of drug-likeness (QED) is 0.458. The third kappa shape index (κ3) is 2.31. The average molecular weight is 426 g/mol. The molecule has 0 aromatic heterocycles. The van der Waals surface area contributed by atoms with Crippen LogP contribution >= 0.6 is 11.8 Å². The molecule has 1 fully saturated rings. The fourth-order valence-electron chi connectivity index (χ4n) is 5.03. The van der Waals surface area contributed by atoms with Gasteiger partial charge < -0.3 is 4.90 Å². The minimum absolute atomic E-state index is 0.214. The second kappa shape index (κ2) is 6.31. The molecule has 3 heterocycles. The lowest BCUT2D eigenvalue weighted by atomic mass is 9.78. The van der Waals surface area contributed by atoms with Crippen molar-refractivity contribution < 1.29 is 14.4 Å². The lowest BCUT2D eigenvalue weighted by Crippen LogP contribution is -2.77. The Labute approximate surface area is 183 Å². The second-order valence-electron chi connectivity index (χ2n) is 8.17. The number of rotatable bonds is 2. The van der Waals surface area contributed by atoms with Crippen molar-refractivity contribution >= 4 is 35.2 Å². The molecule has 6 rings (SSSR count). The molecule has 0 N–H and O–H groups in total. The first kappa shape index (κ1) is 18.4. The van der Waals surface area contributed by atoms with Crippen LogP contribution in [-0.2, 0) is 9.54 Å². The number of hydrogen-bond acceptors (Lipinski definition) is 4. The average Bonchev–Trinajstić information content (AvgIpc) is 3.04. The molecule has 3 aliphatic heterocycles. The largest absolute Gasteiger partial charge is 0.302 e. The highest BCUT2D eigenvalue weighted by Gasteiger charge is 2.65. The number of β-lactam (4-membered cyclic amide) rings is 1. The van der Waals surface area contributed by atoms with Gasteiger partial charge in [-0.05, 0) is 36.8 Å². The standard InChI is InChI=1S/C25H18N2O3S/c1-25(15-9-3-2-4-10-15)21-20(24(30)26(21)18-13-7-8-14-19(18)31-25)27-22(28)16-11-5-6-12-17(16)23(27)29/h2-14,20-21H,1H3/t20-,21+,25?/m0/s1. The van der Waals surface area contributed by atoms with Crippen molar-refractivity contribution in [1.29, 1.82) is 0 Å². The van der Waals surface area contributed by atoms with Crippen LogP contribution in [0.15, 0.2) is 83.8 Å². The summed E-state index contributed by atoms with van der Waals surface area (Å²) in [6.45, 7) is 2.10. The van der Waals surface area contributed by atoms with Gasteiger partial charge in [0.15, 0.2) is 0 Å². The number of carbonyl (C=O) groups excluding carboxylic acids is 3. The number of amides is 3. The van der Waals surface area contributed by atoms with Crippen molar-refractivity contribution in [3.05, 3.63) is 95.6 Å². The van der Waals surface area contributed by atoms with E-state index < -0.39 is 22.6 Å². The number of benzene rings is 3. The zero-order valence-electron chi connectivity index (χ0n) is 16.7. The molecule has 1 saturated heterocycles. The van der Waals surface area contributed by atoms with E-state index in [9.17, 15) is 14.4 Å². The molecular weight excluding hydrogens is 408 g/mol. The lowest BCUT2D eigenvalue weighted by molar-refractivity contribution is -0.131. The highest BCUT2D eigenvalue weighted by molar-refractivity contribution is 8.00. The van der Waals surface area contributed by atoms with Crippen LogP contribution in [0, 0.1) is 0 Å². The predicted octanol–water partition coefficient (Wildman–Crippen LogP) is 4.09. The van der Waals surface area contributed by atoms with Gasteiger partial charge >= 0.3 is 0 Å². The summed E-state index contributed by atoms with van der Waals surface area (Å²) in [6, 6.07) is 23.4. The van der Waals surface area contributed by atoms with Crippen LogP contribution in [0.5, 0.6) is 0 Å². The molecule has 3 amide bonds. The molecule has 3 aromatic carbocycles. The molecule has 3 aliphatic rings. The normalized spacial score (nSPS) is 26.3. The monoisotopic (exact) mass is 426 g/mol. The third-order valence-electron chi connectivity index (χ3n) is 6.53. The van der Waals surface area contributed by atoms with E-state index in [0.29, 0.717) is 11.1 Å². The van der Waals surface area contributed by atoms with Gasteiger partial charge in [0.2, 0.25) is 0 Å². The maximum Gasteiger partial charge on any atom is 0.262 e. The lowest BCUT2D eigenvalue weighted by Gasteiger charge is -2.59. The minimum atomic E-state index is -0.835. The van der Waals surface area contributed by atoms with Crippen LogP contribution in [0.2, 0.25) is 0 Å². The van der Waals surface area contributed by atoms with Gasteiger partial charge in [-0.3, -0.25) is 19.3 Å². The Morgan fingerprint density at radius 1 is 0.742 bits per heavy atom. The first-order valence-corrected chi connectivity index (χ1v) is 11.0. The Kier molecular flexibility index (Phi) is 3.74. The topological polar surface area (TPSA) is 57.7 Å². The van der Waals surface area contributed by atoms with Crippen molar-refractivity contribution in [3.63, 3.8) is 0 Å². The Morgan fingerprint density at radius 2 is 1.32 bits per heavy atom. The van der Waals surface area contributed by atoms with E-state index in [1.807, 2.05) is 54.6 Å². The zero-order chi connectivity index (χ0) is 21.3. The van der Waals surface area contributed by atoms with E-state index in [2.05, 4.69) is 6.92 Å².